The van der Waals surface area contributed by atoms with Crippen molar-refractivity contribution in [2.75, 3.05) is 33.3 Å². The predicted octanol–water partition coefficient (Wildman–Crippen LogP) is 0.366. The molecule has 1 amide bonds. The summed E-state index contributed by atoms with van der Waals surface area (Å²) in [7, 11) is 1.73. The number of aliphatic hydroxyl groups is 1. The van der Waals surface area contributed by atoms with Crippen molar-refractivity contribution in [3.05, 3.63) is 29.8 Å². The largest absolute Gasteiger partial charge is 0.491 e. The van der Waals surface area contributed by atoms with Crippen LogP contribution in [-0.4, -0.2) is 55.3 Å². The van der Waals surface area contributed by atoms with Crippen LogP contribution in [-0.2, 0) is 4.79 Å². The average molecular weight is 291 g/mol. The minimum Gasteiger partial charge on any atom is -0.491 e. The molecule has 0 aliphatic heterocycles. The molecular weight excluding hydrogens is 270 g/mol. The number of nitriles is 1. The molecule has 0 saturated carbocycles. The number of nitrogens with one attached hydrogen (secondary N) is 1. The van der Waals surface area contributed by atoms with Gasteiger partial charge >= 0.3 is 0 Å². The third-order valence-electron chi connectivity index (χ3n) is 2.96. The Morgan fingerprint density at radius 3 is 3.00 bits per heavy atom. The molecule has 1 atom stereocenters. The van der Waals surface area contributed by atoms with Gasteiger partial charge in [-0.3, -0.25) is 4.79 Å². The second kappa shape index (κ2) is 8.95. The quantitative estimate of drug-likeness (QED) is 0.722. The number of amides is 1. The summed E-state index contributed by atoms with van der Waals surface area (Å²) in [5.41, 5.74) is 0.508. The van der Waals surface area contributed by atoms with E-state index in [2.05, 4.69) is 5.32 Å². The van der Waals surface area contributed by atoms with Crippen molar-refractivity contribution in [2.45, 2.75) is 13.0 Å². The number of carbonyl (C=O) groups excluding carboxylic acids is 1. The molecule has 6 nitrogen and oxygen atoms in total. The number of aliphatic hydroxyl groups excluding tert-OH is 1. The fraction of sp³-hybridized carbons (Fsp3) is 0.467. The van der Waals surface area contributed by atoms with Gasteiger partial charge in [-0.15, -0.1) is 0 Å². The molecule has 0 fully saturated rings. The average Bonchev–Trinajstić information content (AvgIpc) is 2.52. The standard InChI is InChI=1S/C15H21N3O3/c1-3-18(2)15(20)10-17-9-13(19)11-21-14-6-4-5-12(7-14)8-16/h4-7,13,17,19H,3,9-11H2,1-2H3. The zero-order valence-electron chi connectivity index (χ0n) is 12.4. The van der Waals surface area contributed by atoms with E-state index >= 15 is 0 Å². The summed E-state index contributed by atoms with van der Waals surface area (Å²) in [6.07, 6.45) is -0.726. The minimum atomic E-state index is -0.726. The predicted molar refractivity (Wildman–Crippen MR) is 78.8 cm³/mol. The maximum absolute atomic E-state index is 11.5. The van der Waals surface area contributed by atoms with Crippen LogP contribution in [0.2, 0.25) is 0 Å². The van der Waals surface area contributed by atoms with Gasteiger partial charge in [-0.1, -0.05) is 6.07 Å². The Morgan fingerprint density at radius 2 is 2.33 bits per heavy atom. The topological polar surface area (TPSA) is 85.6 Å². The zero-order chi connectivity index (χ0) is 15.7. The van der Waals surface area contributed by atoms with Crippen molar-refractivity contribution in [1.82, 2.24) is 10.2 Å². The maximum atomic E-state index is 11.5. The molecule has 1 aromatic carbocycles. The lowest BCUT2D eigenvalue weighted by Gasteiger charge is -2.16. The molecule has 0 bridgehead atoms. The summed E-state index contributed by atoms with van der Waals surface area (Å²) in [5.74, 6) is 0.516. The number of hydrogen-bond acceptors (Lipinski definition) is 5. The van der Waals surface area contributed by atoms with Crippen LogP contribution >= 0.6 is 0 Å². The fourth-order valence-corrected chi connectivity index (χ4v) is 1.56. The number of nitrogens with zero attached hydrogens (tertiary/aromatic N) is 2. The Kier molecular flexibility index (Phi) is 7.23. The molecule has 0 aromatic heterocycles. The third-order valence-corrected chi connectivity index (χ3v) is 2.96. The van der Waals surface area contributed by atoms with Gasteiger partial charge in [0.2, 0.25) is 5.91 Å². The van der Waals surface area contributed by atoms with Gasteiger partial charge in [-0.2, -0.15) is 5.26 Å². The molecule has 1 aromatic rings. The smallest absolute Gasteiger partial charge is 0.236 e. The first kappa shape index (κ1) is 17.0. The molecule has 21 heavy (non-hydrogen) atoms. The molecule has 6 heteroatoms. The van der Waals surface area contributed by atoms with E-state index in [0.29, 0.717) is 17.9 Å². The molecular formula is C15H21N3O3. The summed E-state index contributed by atoms with van der Waals surface area (Å²) >= 11 is 0. The van der Waals surface area contributed by atoms with E-state index in [1.807, 2.05) is 13.0 Å². The highest BCUT2D eigenvalue weighted by Gasteiger charge is 2.09. The van der Waals surface area contributed by atoms with E-state index in [1.54, 1.807) is 36.2 Å². The van der Waals surface area contributed by atoms with Crippen molar-refractivity contribution in [2.24, 2.45) is 0 Å². The Balaban J connectivity index is 2.26. The first-order valence-corrected chi connectivity index (χ1v) is 6.82. The van der Waals surface area contributed by atoms with E-state index in [0.717, 1.165) is 0 Å². The van der Waals surface area contributed by atoms with Crippen molar-refractivity contribution in [3.63, 3.8) is 0 Å². The summed E-state index contributed by atoms with van der Waals surface area (Å²) in [4.78, 5) is 13.1. The molecule has 0 aliphatic rings. The Morgan fingerprint density at radius 1 is 1.57 bits per heavy atom. The van der Waals surface area contributed by atoms with Gasteiger partial charge in [-0.25, -0.2) is 0 Å². The maximum Gasteiger partial charge on any atom is 0.236 e. The van der Waals surface area contributed by atoms with Crippen molar-refractivity contribution < 1.29 is 14.6 Å². The van der Waals surface area contributed by atoms with Crippen LogP contribution in [0.4, 0.5) is 0 Å². The van der Waals surface area contributed by atoms with E-state index < -0.39 is 6.10 Å². The Bertz CT molecular complexity index is 499. The van der Waals surface area contributed by atoms with Crippen molar-refractivity contribution in [1.29, 1.82) is 5.26 Å². The van der Waals surface area contributed by atoms with Gasteiger partial charge in [0.05, 0.1) is 18.2 Å². The van der Waals surface area contributed by atoms with E-state index in [-0.39, 0.29) is 25.6 Å². The highest BCUT2D eigenvalue weighted by atomic mass is 16.5. The number of hydrogen-bond donors (Lipinski definition) is 2. The van der Waals surface area contributed by atoms with Gasteiger partial charge in [0.15, 0.2) is 0 Å². The van der Waals surface area contributed by atoms with Gasteiger partial charge in [0.25, 0.3) is 0 Å². The fourth-order valence-electron chi connectivity index (χ4n) is 1.56. The van der Waals surface area contributed by atoms with Crippen molar-refractivity contribution >= 4 is 5.91 Å². The monoisotopic (exact) mass is 291 g/mol. The Labute approximate surface area is 124 Å². The minimum absolute atomic E-state index is 0.0210. The van der Waals surface area contributed by atoms with Crippen LogP contribution in [0, 0.1) is 11.3 Å². The molecule has 1 rings (SSSR count). The number of rotatable bonds is 8. The number of likely N-dealkylation sites (N-methyl/N-ethyl adjacent to an activating group) is 1. The molecule has 0 saturated heterocycles. The molecule has 2 N–H and O–H groups in total. The van der Waals surface area contributed by atoms with Crippen LogP contribution in [0.5, 0.6) is 5.75 Å². The molecule has 0 aliphatic carbocycles. The molecule has 0 heterocycles. The molecule has 114 valence electrons. The van der Waals surface area contributed by atoms with Gasteiger partial charge < -0.3 is 20.1 Å². The normalized spacial score (nSPS) is 11.5. The van der Waals surface area contributed by atoms with E-state index in [4.69, 9.17) is 10.00 Å². The summed E-state index contributed by atoms with van der Waals surface area (Å²) in [6.45, 7) is 3.10. The van der Waals surface area contributed by atoms with Gasteiger partial charge in [0, 0.05) is 20.1 Å². The van der Waals surface area contributed by atoms with Crippen LogP contribution in [0.1, 0.15) is 12.5 Å². The molecule has 0 spiro atoms. The second-order valence-corrected chi connectivity index (χ2v) is 4.64. The number of benzene rings is 1. The summed E-state index contributed by atoms with van der Waals surface area (Å²) < 4.78 is 5.40. The second-order valence-electron chi connectivity index (χ2n) is 4.64. The van der Waals surface area contributed by atoms with Gasteiger partial charge in [0.1, 0.15) is 18.5 Å². The Hall–Kier alpha value is -2.10. The zero-order valence-corrected chi connectivity index (χ0v) is 12.4. The first-order chi connectivity index (χ1) is 10.1. The lowest BCUT2D eigenvalue weighted by Crippen LogP contribution is -2.39. The first-order valence-electron chi connectivity index (χ1n) is 6.82. The van der Waals surface area contributed by atoms with Crippen molar-refractivity contribution in [3.8, 4) is 11.8 Å². The highest BCUT2D eigenvalue weighted by Crippen LogP contribution is 2.12. The summed E-state index contributed by atoms with van der Waals surface area (Å²) in [5, 5.41) is 21.4. The van der Waals surface area contributed by atoms with Gasteiger partial charge in [-0.05, 0) is 25.1 Å². The number of carbonyl (C=O) groups is 1. The molecule has 1 unspecified atom stereocenters. The lowest BCUT2D eigenvalue weighted by atomic mass is 10.2. The summed E-state index contributed by atoms with van der Waals surface area (Å²) in [6, 6.07) is 8.76. The highest BCUT2D eigenvalue weighted by molar-refractivity contribution is 5.77. The third kappa shape index (κ3) is 6.25. The van der Waals surface area contributed by atoms with Crippen LogP contribution < -0.4 is 10.1 Å². The lowest BCUT2D eigenvalue weighted by molar-refractivity contribution is -0.128. The van der Waals surface area contributed by atoms with Crippen LogP contribution in [0.3, 0.4) is 0 Å². The van der Waals surface area contributed by atoms with Crippen LogP contribution in [0.25, 0.3) is 0 Å². The molecule has 0 radical (unpaired) electrons. The van der Waals surface area contributed by atoms with E-state index in [9.17, 15) is 9.90 Å². The number of ether oxygens (including phenoxy) is 1. The SMILES string of the molecule is CCN(C)C(=O)CNCC(O)COc1cccc(C#N)c1. The van der Waals surface area contributed by atoms with Crippen LogP contribution in [0.15, 0.2) is 24.3 Å². The van der Waals surface area contributed by atoms with E-state index in [1.165, 1.54) is 0 Å².